The molecule has 1 amide bonds. The molecule has 0 saturated carbocycles. The molecule has 5 nitrogen and oxygen atoms in total. The van der Waals surface area contributed by atoms with Crippen molar-refractivity contribution in [2.24, 2.45) is 0 Å². The molecule has 2 rings (SSSR count). The van der Waals surface area contributed by atoms with Crippen LogP contribution >= 0.6 is 23.1 Å². The van der Waals surface area contributed by atoms with Crippen LogP contribution in [0.2, 0.25) is 0 Å². The van der Waals surface area contributed by atoms with Gasteiger partial charge in [-0.15, -0.1) is 10.2 Å². The Hall–Kier alpha value is -1.67. The quantitative estimate of drug-likeness (QED) is 0.591. The first-order valence-corrected chi connectivity index (χ1v) is 8.50. The highest BCUT2D eigenvalue weighted by Gasteiger charge is 2.15. The maximum atomic E-state index is 13.3. The van der Waals surface area contributed by atoms with Gasteiger partial charge in [0.15, 0.2) is 15.9 Å². The number of benzene rings is 1. The summed E-state index contributed by atoms with van der Waals surface area (Å²) in [7, 11) is 0. The Morgan fingerprint density at radius 3 is 3.05 bits per heavy atom. The molecule has 0 fully saturated rings. The Morgan fingerprint density at radius 2 is 2.32 bits per heavy atom. The summed E-state index contributed by atoms with van der Waals surface area (Å²) < 4.78 is 19.4. The van der Waals surface area contributed by atoms with Crippen LogP contribution in [0.4, 0.5) is 4.39 Å². The molecular formula is C14H16FN3O2S2. The van der Waals surface area contributed by atoms with E-state index in [2.05, 4.69) is 15.5 Å². The molecule has 0 aliphatic rings. The number of aromatic nitrogens is 2. The van der Waals surface area contributed by atoms with Gasteiger partial charge in [0.1, 0.15) is 5.51 Å². The molecule has 1 heterocycles. The SMILES string of the molecule is C[C@@H](Sc1nncs1)C(=O)NCCCOc1ccccc1F. The molecule has 2 aromatic rings. The van der Waals surface area contributed by atoms with Gasteiger partial charge in [-0.3, -0.25) is 4.79 Å². The third-order valence-corrected chi connectivity index (χ3v) is 4.61. The zero-order valence-electron chi connectivity index (χ0n) is 12.0. The summed E-state index contributed by atoms with van der Waals surface area (Å²) in [6, 6.07) is 6.25. The van der Waals surface area contributed by atoms with Crippen LogP contribution in [0.1, 0.15) is 13.3 Å². The van der Waals surface area contributed by atoms with Crippen LogP contribution in [0.15, 0.2) is 34.1 Å². The molecule has 1 N–H and O–H groups in total. The van der Waals surface area contributed by atoms with Crippen molar-refractivity contribution in [3.05, 3.63) is 35.6 Å². The molecule has 0 saturated heterocycles. The minimum absolute atomic E-state index is 0.0638. The molecule has 1 aromatic heterocycles. The normalized spacial score (nSPS) is 11.9. The van der Waals surface area contributed by atoms with Crippen LogP contribution in [0.3, 0.4) is 0 Å². The molecule has 0 spiro atoms. The van der Waals surface area contributed by atoms with E-state index in [1.807, 2.05) is 6.92 Å². The average Bonchev–Trinajstić information content (AvgIpc) is 3.01. The summed E-state index contributed by atoms with van der Waals surface area (Å²) in [5, 5.41) is 10.2. The summed E-state index contributed by atoms with van der Waals surface area (Å²) in [5.74, 6) is -0.214. The van der Waals surface area contributed by atoms with Crippen molar-refractivity contribution in [1.29, 1.82) is 0 Å². The maximum absolute atomic E-state index is 13.3. The number of hydrogen-bond acceptors (Lipinski definition) is 6. The summed E-state index contributed by atoms with van der Waals surface area (Å²) in [6.07, 6.45) is 0.607. The number of para-hydroxylation sites is 1. The average molecular weight is 341 g/mol. The van der Waals surface area contributed by atoms with E-state index in [1.54, 1.807) is 23.7 Å². The van der Waals surface area contributed by atoms with E-state index in [1.165, 1.54) is 29.2 Å². The van der Waals surface area contributed by atoms with Gasteiger partial charge in [0.25, 0.3) is 0 Å². The summed E-state index contributed by atoms with van der Waals surface area (Å²) >= 11 is 2.78. The van der Waals surface area contributed by atoms with Crippen LogP contribution in [0.5, 0.6) is 5.75 Å². The Morgan fingerprint density at radius 1 is 1.50 bits per heavy atom. The molecule has 0 aliphatic carbocycles. The zero-order valence-corrected chi connectivity index (χ0v) is 13.6. The van der Waals surface area contributed by atoms with Crippen LogP contribution in [-0.2, 0) is 4.79 Å². The van der Waals surface area contributed by atoms with Gasteiger partial charge in [0.2, 0.25) is 5.91 Å². The van der Waals surface area contributed by atoms with Gasteiger partial charge in [-0.25, -0.2) is 4.39 Å². The summed E-state index contributed by atoms with van der Waals surface area (Å²) in [6.45, 7) is 2.64. The fourth-order valence-corrected chi connectivity index (χ4v) is 3.24. The number of carbonyl (C=O) groups is 1. The first-order chi connectivity index (χ1) is 10.7. The standard InChI is InChI=1S/C14H16FN3O2S2/c1-10(22-14-18-17-9-21-14)13(19)16-7-4-8-20-12-6-3-2-5-11(12)15/h2-3,5-6,9-10H,4,7-8H2,1H3,(H,16,19)/t10-/m1/s1. The molecule has 8 heteroatoms. The van der Waals surface area contributed by atoms with Gasteiger partial charge in [-0.05, 0) is 25.5 Å². The highest BCUT2D eigenvalue weighted by atomic mass is 32.2. The van der Waals surface area contributed by atoms with Crippen molar-refractivity contribution in [1.82, 2.24) is 15.5 Å². The second-order valence-electron chi connectivity index (χ2n) is 4.39. The second kappa shape index (κ2) is 8.70. The maximum Gasteiger partial charge on any atom is 0.233 e. The van der Waals surface area contributed by atoms with E-state index >= 15 is 0 Å². The highest BCUT2D eigenvalue weighted by Crippen LogP contribution is 2.23. The molecule has 0 radical (unpaired) electrons. The summed E-state index contributed by atoms with van der Waals surface area (Å²) in [4.78, 5) is 11.9. The largest absolute Gasteiger partial charge is 0.490 e. The fraction of sp³-hybridized carbons (Fsp3) is 0.357. The number of amides is 1. The molecule has 1 atom stereocenters. The predicted molar refractivity (Wildman–Crippen MR) is 84.7 cm³/mol. The van der Waals surface area contributed by atoms with Crippen molar-refractivity contribution < 1.29 is 13.9 Å². The number of halogens is 1. The topological polar surface area (TPSA) is 64.1 Å². The van der Waals surface area contributed by atoms with E-state index in [0.29, 0.717) is 19.6 Å². The Kier molecular flexibility index (Phi) is 6.60. The molecule has 0 unspecified atom stereocenters. The number of thioether (sulfide) groups is 1. The number of nitrogens with zero attached hydrogens (tertiary/aromatic N) is 2. The first-order valence-electron chi connectivity index (χ1n) is 6.74. The monoisotopic (exact) mass is 341 g/mol. The van der Waals surface area contributed by atoms with E-state index < -0.39 is 0 Å². The lowest BCUT2D eigenvalue weighted by molar-refractivity contribution is -0.120. The Bertz CT molecular complexity index is 596. The van der Waals surface area contributed by atoms with Crippen molar-refractivity contribution >= 4 is 29.0 Å². The second-order valence-corrected chi connectivity index (χ2v) is 6.81. The van der Waals surface area contributed by atoms with E-state index in [-0.39, 0.29) is 22.7 Å². The number of nitrogens with one attached hydrogen (secondary N) is 1. The fourth-order valence-electron chi connectivity index (χ4n) is 1.59. The number of carbonyl (C=O) groups excluding carboxylic acids is 1. The highest BCUT2D eigenvalue weighted by molar-refractivity contribution is 8.02. The minimum atomic E-state index is -0.381. The Balaban J connectivity index is 1.62. The van der Waals surface area contributed by atoms with Crippen LogP contribution in [0.25, 0.3) is 0 Å². The molecule has 0 aliphatic heterocycles. The van der Waals surface area contributed by atoms with Crippen LogP contribution < -0.4 is 10.1 Å². The Labute approximate surface area is 136 Å². The van der Waals surface area contributed by atoms with Gasteiger partial charge in [0.05, 0.1) is 11.9 Å². The van der Waals surface area contributed by atoms with Crippen molar-refractivity contribution in [2.75, 3.05) is 13.2 Å². The van der Waals surface area contributed by atoms with Gasteiger partial charge >= 0.3 is 0 Å². The molecule has 1 aromatic carbocycles. The van der Waals surface area contributed by atoms with Gasteiger partial charge in [0, 0.05) is 6.54 Å². The number of ether oxygens (including phenoxy) is 1. The van der Waals surface area contributed by atoms with Crippen LogP contribution in [0, 0.1) is 5.82 Å². The van der Waals surface area contributed by atoms with E-state index in [0.717, 1.165) is 4.34 Å². The third kappa shape index (κ3) is 5.27. The molecule has 22 heavy (non-hydrogen) atoms. The zero-order chi connectivity index (χ0) is 15.8. The molecule has 118 valence electrons. The minimum Gasteiger partial charge on any atom is -0.490 e. The lowest BCUT2D eigenvalue weighted by atomic mass is 10.3. The lowest BCUT2D eigenvalue weighted by Crippen LogP contribution is -2.32. The number of hydrogen-bond donors (Lipinski definition) is 1. The van der Waals surface area contributed by atoms with Crippen LogP contribution in [-0.4, -0.2) is 34.5 Å². The smallest absolute Gasteiger partial charge is 0.233 e. The predicted octanol–water partition coefficient (Wildman–Crippen LogP) is 2.74. The van der Waals surface area contributed by atoms with Crippen molar-refractivity contribution in [3.8, 4) is 5.75 Å². The van der Waals surface area contributed by atoms with Gasteiger partial charge in [-0.2, -0.15) is 0 Å². The summed E-state index contributed by atoms with van der Waals surface area (Å²) in [5.41, 5.74) is 1.63. The van der Waals surface area contributed by atoms with Crippen molar-refractivity contribution in [2.45, 2.75) is 22.9 Å². The van der Waals surface area contributed by atoms with E-state index in [4.69, 9.17) is 4.74 Å². The van der Waals surface area contributed by atoms with Crippen molar-refractivity contribution in [3.63, 3.8) is 0 Å². The lowest BCUT2D eigenvalue weighted by Gasteiger charge is -2.11. The van der Waals surface area contributed by atoms with Gasteiger partial charge < -0.3 is 10.1 Å². The third-order valence-electron chi connectivity index (χ3n) is 2.70. The molecule has 0 bridgehead atoms. The number of rotatable bonds is 8. The first kappa shape index (κ1) is 16.7. The molecular weight excluding hydrogens is 325 g/mol. The van der Waals surface area contributed by atoms with Gasteiger partial charge in [-0.1, -0.05) is 35.2 Å². The van der Waals surface area contributed by atoms with E-state index in [9.17, 15) is 9.18 Å².